The van der Waals surface area contributed by atoms with E-state index in [4.69, 9.17) is 23.2 Å². The molecule has 9 nitrogen and oxygen atoms in total. The number of halogens is 2. The van der Waals surface area contributed by atoms with Gasteiger partial charge in [0.1, 0.15) is 0 Å². The number of carbonyl (C=O) groups is 1. The third-order valence-electron chi connectivity index (χ3n) is 6.82. The molecule has 4 aromatic carbocycles. The summed E-state index contributed by atoms with van der Waals surface area (Å²) in [4.78, 5) is 33.8. The normalized spacial score (nSPS) is 12.2. The molecule has 0 radical (unpaired) electrons. The van der Waals surface area contributed by atoms with E-state index in [0.717, 1.165) is 4.31 Å². The van der Waals surface area contributed by atoms with Crippen LogP contribution in [0.3, 0.4) is 0 Å². The molecule has 0 aliphatic rings. The van der Waals surface area contributed by atoms with E-state index in [-0.39, 0.29) is 33.5 Å². The Hall–Kier alpha value is -3.11. The van der Waals surface area contributed by atoms with E-state index in [9.17, 15) is 27.6 Å². The van der Waals surface area contributed by atoms with Crippen LogP contribution in [-0.4, -0.2) is 29.5 Å². The summed E-state index contributed by atoms with van der Waals surface area (Å²) in [6.07, 6.45) is -0.426. The molecule has 0 heterocycles. The lowest BCUT2D eigenvalue weighted by molar-refractivity contribution is 0.262. The highest BCUT2D eigenvalue weighted by Crippen LogP contribution is 2.59. The maximum Gasteiger partial charge on any atom is 0.351 e. The molecule has 0 aliphatic heterocycles. The van der Waals surface area contributed by atoms with Crippen molar-refractivity contribution in [2.45, 2.75) is 36.9 Å². The number of para-hydroxylation sites is 1. The fraction of sp³-hybridized carbons (Fsp3) is 0.179. The molecule has 4 aromatic rings. The smallest absolute Gasteiger partial charge is 0.323 e. The molecular formula is C28H28Cl2N3O6PS. The lowest BCUT2D eigenvalue weighted by atomic mass is 10.0. The van der Waals surface area contributed by atoms with Crippen LogP contribution in [0.15, 0.2) is 89.8 Å². The van der Waals surface area contributed by atoms with Gasteiger partial charge in [0, 0.05) is 26.5 Å². The molecule has 0 spiro atoms. The number of sulfonamides is 1. The van der Waals surface area contributed by atoms with Crippen molar-refractivity contribution in [1.82, 2.24) is 0 Å². The molecule has 0 bridgehead atoms. The number of fused-ring (bicyclic) bond motifs is 1. The van der Waals surface area contributed by atoms with Crippen LogP contribution in [0.2, 0.25) is 10.0 Å². The molecule has 0 atom stereocenters. The Morgan fingerprint density at radius 2 is 1.44 bits per heavy atom. The van der Waals surface area contributed by atoms with Gasteiger partial charge in [-0.25, -0.2) is 17.5 Å². The van der Waals surface area contributed by atoms with Gasteiger partial charge in [-0.05, 0) is 55.3 Å². The van der Waals surface area contributed by atoms with Crippen LogP contribution in [0.4, 0.5) is 21.9 Å². The fourth-order valence-corrected chi connectivity index (χ4v) is 9.16. The Morgan fingerprint density at radius 1 is 0.854 bits per heavy atom. The predicted octanol–water partition coefficient (Wildman–Crippen LogP) is 7.68. The second-order valence-corrected chi connectivity index (χ2v) is 13.8. The van der Waals surface area contributed by atoms with Crippen LogP contribution in [0.1, 0.15) is 26.7 Å². The Labute approximate surface area is 248 Å². The predicted molar refractivity (Wildman–Crippen MR) is 165 cm³/mol. The van der Waals surface area contributed by atoms with E-state index in [1.807, 2.05) is 6.07 Å². The minimum Gasteiger partial charge on any atom is -0.323 e. The highest BCUT2D eigenvalue weighted by Gasteiger charge is 2.54. The lowest BCUT2D eigenvalue weighted by Gasteiger charge is -2.43. The van der Waals surface area contributed by atoms with E-state index in [1.54, 1.807) is 54.6 Å². The van der Waals surface area contributed by atoms with Crippen molar-refractivity contribution in [2.75, 3.05) is 14.9 Å². The average Bonchev–Trinajstić information content (AvgIpc) is 2.91. The Balaban J connectivity index is 1.94. The van der Waals surface area contributed by atoms with Gasteiger partial charge < -0.3 is 20.4 Å². The summed E-state index contributed by atoms with van der Waals surface area (Å²) < 4.78 is 42.6. The topological polar surface area (TPSA) is 136 Å². The number of carbonyl (C=O) groups excluding carboxylic acids is 1. The van der Waals surface area contributed by atoms with E-state index in [0.29, 0.717) is 22.1 Å². The molecule has 0 fully saturated rings. The maximum atomic E-state index is 14.3. The van der Waals surface area contributed by atoms with Crippen molar-refractivity contribution in [3.05, 3.63) is 95.0 Å². The third kappa shape index (κ3) is 6.09. The maximum absolute atomic E-state index is 14.3. The van der Waals surface area contributed by atoms with Gasteiger partial charge in [0.25, 0.3) is 10.0 Å². The first-order valence-electron chi connectivity index (χ1n) is 12.6. The SMILES string of the molecule is CCC(CC)(N(c1cccc2c(NC(=O)Nc3ccccc3)cccc12)S(=O)(=O)c1cc(Cl)cc(Cl)c1)P(=O)(O)O. The first-order valence-corrected chi connectivity index (χ1v) is 16.4. The minimum atomic E-state index is -5.12. The summed E-state index contributed by atoms with van der Waals surface area (Å²) in [5.41, 5.74) is 0.939. The zero-order valence-corrected chi connectivity index (χ0v) is 25.3. The summed E-state index contributed by atoms with van der Waals surface area (Å²) in [6.45, 7) is 3.03. The Morgan fingerprint density at radius 3 is 2.02 bits per heavy atom. The van der Waals surface area contributed by atoms with Crippen LogP contribution in [0, 0.1) is 0 Å². The lowest BCUT2D eigenvalue weighted by Crippen LogP contribution is -2.51. The van der Waals surface area contributed by atoms with Crippen molar-refractivity contribution in [3.8, 4) is 0 Å². The number of benzene rings is 4. The number of nitrogens with one attached hydrogen (secondary N) is 2. The number of anilines is 3. The van der Waals surface area contributed by atoms with E-state index in [2.05, 4.69) is 10.6 Å². The van der Waals surface area contributed by atoms with Gasteiger partial charge in [-0.3, -0.25) is 4.57 Å². The van der Waals surface area contributed by atoms with Crippen molar-refractivity contribution >= 4 is 74.7 Å². The van der Waals surface area contributed by atoms with Gasteiger partial charge >= 0.3 is 13.6 Å². The van der Waals surface area contributed by atoms with Crippen molar-refractivity contribution < 1.29 is 27.6 Å². The fourth-order valence-electron chi connectivity index (χ4n) is 4.81. The number of hydrogen-bond acceptors (Lipinski definition) is 4. The summed E-state index contributed by atoms with van der Waals surface area (Å²) in [6, 6.07) is 21.6. The molecule has 0 unspecified atom stereocenters. The van der Waals surface area contributed by atoms with Gasteiger partial charge in [0.15, 0.2) is 5.28 Å². The second kappa shape index (κ2) is 12.0. The molecule has 41 heavy (non-hydrogen) atoms. The average molecular weight is 636 g/mol. The van der Waals surface area contributed by atoms with Crippen LogP contribution in [0.25, 0.3) is 10.8 Å². The molecule has 0 aliphatic carbocycles. The minimum absolute atomic E-state index is 0.0118. The molecular weight excluding hydrogens is 608 g/mol. The van der Waals surface area contributed by atoms with Crippen LogP contribution in [0.5, 0.6) is 0 Å². The van der Waals surface area contributed by atoms with Gasteiger partial charge in [-0.15, -0.1) is 0 Å². The third-order valence-corrected chi connectivity index (χ3v) is 11.2. The van der Waals surface area contributed by atoms with Gasteiger partial charge in [-0.2, -0.15) is 0 Å². The Bertz CT molecular complexity index is 1720. The monoisotopic (exact) mass is 635 g/mol. The first kappa shape index (κ1) is 30.8. The zero-order valence-electron chi connectivity index (χ0n) is 22.1. The van der Waals surface area contributed by atoms with Crippen LogP contribution in [-0.2, 0) is 14.6 Å². The molecule has 2 amide bonds. The highest BCUT2D eigenvalue weighted by atomic mass is 35.5. The molecule has 0 aromatic heterocycles. The van der Waals surface area contributed by atoms with Crippen molar-refractivity contribution in [3.63, 3.8) is 0 Å². The molecule has 13 heteroatoms. The number of hydrogen-bond donors (Lipinski definition) is 4. The summed E-state index contributed by atoms with van der Waals surface area (Å²) in [5.74, 6) is 0. The standard InChI is InChI=1S/C28H28Cl2N3O6PS/c1-3-28(4-2,40(35,36)37)33(41(38,39)22-17-19(29)16-20(30)18-22)26-15-9-12-23-24(26)13-8-14-25(23)32-27(34)31-21-10-6-5-7-11-21/h5-18H,3-4H2,1-2H3,(H2,31,32,34)(H2,35,36,37). The van der Waals surface area contributed by atoms with Crippen molar-refractivity contribution in [1.29, 1.82) is 0 Å². The quantitative estimate of drug-likeness (QED) is 0.139. The zero-order chi connectivity index (χ0) is 30.0. The molecule has 4 rings (SSSR count). The number of rotatable bonds is 9. The molecule has 216 valence electrons. The number of urea groups is 1. The van der Waals surface area contributed by atoms with Crippen LogP contribution < -0.4 is 14.9 Å². The highest BCUT2D eigenvalue weighted by molar-refractivity contribution is 7.93. The Kier molecular flexibility index (Phi) is 9.04. The number of amides is 2. The van der Waals surface area contributed by atoms with Crippen molar-refractivity contribution in [2.24, 2.45) is 0 Å². The van der Waals surface area contributed by atoms with E-state index in [1.165, 1.54) is 38.1 Å². The molecule has 0 saturated carbocycles. The van der Waals surface area contributed by atoms with Gasteiger partial charge in [0.2, 0.25) is 0 Å². The van der Waals surface area contributed by atoms with Gasteiger partial charge in [-0.1, -0.05) is 79.5 Å². The number of nitrogens with zero attached hydrogens (tertiary/aromatic N) is 1. The summed E-state index contributed by atoms with van der Waals surface area (Å²) in [7, 11) is -9.78. The largest absolute Gasteiger partial charge is 0.351 e. The summed E-state index contributed by atoms with van der Waals surface area (Å²) >= 11 is 12.3. The van der Waals surface area contributed by atoms with E-state index < -0.39 is 28.9 Å². The second-order valence-electron chi connectivity index (χ2n) is 9.23. The first-order chi connectivity index (χ1) is 19.3. The van der Waals surface area contributed by atoms with Gasteiger partial charge in [0.05, 0.1) is 16.3 Å². The molecule has 4 N–H and O–H groups in total. The van der Waals surface area contributed by atoms with E-state index >= 15 is 0 Å². The molecule has 0 saturated heterocycles. The summed E-state index contributed by atoms with van der Waals surface area (Å²) in [5, 5.41) is 4.22. The van der Waals surface area contributed by atoms with Crippen LogP contribution >= 0.6 is 30.8 Å².